The maximum absolute atomic E-state index is 6.18. The number of benzene rings is 1. The molecule has 0 saturated heterocycles. The molecule has 0 fully saturated rings. The molecule has 0 aliphatic rings. The van der Waals surface area contributed by atoms with Crippen LogP contribution in [0.5, 0.6) is 0 Å². The van der Waals surface area contributed by atoms with Gasteiger partial charge in [0.1, 0.15) is 0 Å². The van der Waals surface area contributed by atoms with Crippen LogP contribution in [0.3, 0.4) is 0 Å². The lowest BCUT2D eigenvalue weighted by Crippen LogP contribution is -2.18. The minimum absolute atomic E-state index is 0.593. The topological polar surface area (TPSA) is 12.0 Å². The molecule has 0 aliphatic carbocycles. The molecule has 4 heteroatoms. The van der Waals surface area contributed by atoms with Crippen molar-refractivity contribution in [1.29, 1.82) is 0 Å². The van der Waals surface area contributed by atoms with Gasteiger partial charge in [0.2, 0.25) is 0 Å². The van der Waals surface area contributed by atoms with Gasteiger partial charge in [0, 0.05) is 15.1 Å². The van der Waals surface area contributed by atoms with E-state index in [-0.39, 0.29) is 0 Å². The zero-order valence-electron chi connectivity index (χ0n) is 11.6. The van der Waals surface area contributed by atoms with E-state index in [0.717, 1.165) is 31.5 Å². The smallest absolute Gasteiger partial charge is 0.0467 e. The van der Waals surface area contributed by atoms with E-state index >= 15 is 0 Å². The summed E-state index contributed by atoms with van der Waals surface area (Å²) < 4.78 is 0. The summed E-state index contributed by atoms with van der Waals surface area (Å²) in [6.45, 7) is 6.63. The summed E-state index contributed by atoms with van der Waals surface area (Å²) in [5.41, 5.74) is 1.01. The average molecular weight is 323 g/mol. The first kappa shape index (κ1) is 17.1. The average Bonchev–Trinajstić information content (AvgIpc) is 2.33. The van der Waals surface area contributed by atoms with Crippen LogP contribution in [-0.4, -0.2) is 13.1 Å². The fraction of sp³-hybridized carbons (Fsp3) is 0.600. The van der Waals surface area contributed by atoms with Gasteiger partial charge >= 0.3 is 0 Å². The molecule has 1 aromatic carbocycles. The Morgan fingerprint density at radius 3 is 2.26 bits per heavy atom. The molecule has 0 amide bonds. The molecule has 19 heavy (non-hydrogen) atoms. The lowest BCUT2D eigenvalue weighted by atomic mass is 9.98. The Hall–Kier alpha value is 0.0500. The van der Waals surface area contributed by atoms with Gasteiger partial charge < -0.3 is 5.32 Å². The SMILES string of the molecule is CCCNCCC(C)CCc1c(Cl)cc(Cl)cc1Cl. The zero-order chi connectivity index (χ0) is 14.3. The molecule has 0 heterocycles. The third-order valence-electron chi connectivity index (χ3n) is 3.23. The van der Waals surface area contributed by atoms with E-state index in [0.29, 0.717) is 21.0 Å². The van der Waals surface area contributed by atoms with Gasteiger partial charge in [0.05, 0.1) is 0 Å². The van der Waals surface area contributed by atoms with Crippen LogP contribution in [0.1, 0.15) is 38.7 Å². The van der Waals surface area contributed by atoms with Gasteiger partial charge in [-0.05, 0) is 62.4 Å². The summed E-state index contributed by atoms with van der Waals surface area (Å²) >= 11 is 18.3. The molecule has 0 radical (unpaired) electrons. The van der Waals surface area contributed by atoms with Gasteiger partial charge in [-0.2, -0.15) is 0 Å². The van der Waals surface area contributed by atoms with Crippen LogP contribution in [0.2, 0.25) is 15.1 Å². The molecular formula is C15H22Cl3N. The van der Waals surface area contributed by atoms with E-state index in [9.17, 15) is 0 Å². The summed E-state index contributed by atoms with van der Waals surface area (Å²) in [5.74, 6) is 0.659. The van der Waals surface area contributed by atoms with E-state index in [1.165, 1.54) is 12.8 Å². The van der Waals surface area contributed by atoms with E-state index in [1.807, 2.05) is 0 Å². The Morgan fingerprint density at radius 1 is 1.05 bits per heavy atom. The first-order valence-electron chi connectivity index (χ1n) is 6.88. The highest BCUT2D eigenvalue weighted by Gasteiger charge is 2.10. The quantitative estimate of drug-likeness (QED) is 0.614. The number of hydrogen-bond donors (Lipinski definition) is 1. The summed E-state index contributed by atoms with van der Waals surface area (Å²) in [5, 5.41) is 5.37. The fourth-order valence-corrected chi connectivity index (χ4v) is 3.00. The second-order valence-electron chi connectivity index (χ2n) is 5.03. The molecule has 0 spiro atoms. The molecule has 1 unspecified atom stereocenters. The van der Waals surface area contributed by atoms with Crippen LogP contribution >= 0.6 is 34.8 Å². The monoisotopic (exact) mass is 321 g/mol. The molecule has 1 N–H and O–H groups in total. The molecular weight excluding hydrogens is 301 g/mol. The number of halogens is 3. The largest absolute Gasteiger partial charge is 0.317 e. The van der Waals surface area contributed by atoms with Gasteiger partial charge in [-0.3, -0.25) is 0 Å². The van der Waals surface area contributed by atoms with E-state index in [2.05, 4.69) is 19.2 Å². The van der Waals surface area contributed by atoms with Crippen LogP contribution in [0.4, 0.5) is 0 Å². The molecule has 1 nitrogen and oxygen atoms in total. The maximum atomic E-state index is 6.18. The third-order valence-corrected chi connectivity index (χ3v) is 4.13. The van der Waals surface area contributed by atoms with Crippen molar-refractivity contribution in [2.24, 2.45) is 5.92 Å². The van der Waals surface area contributed by atoms with E-state index in [1.54, 1.807) is 12.1 Å². The standard InChI is InChI=1S/C15H22Cl3N/c1-3-7-19-8-6-11(2)4-5-13-14(17)9-12(16)10-15(13)18/h9-11,19H,3-8H2,1-2H3. The summed E-state index contributed by atoms with van der Waals surface area (Å²) in [6.07, 6.45) is 4.37. The third kappa shape index (κ3) is 6.35. The molecule has 0 bridgehead atoms. The Balaban J connectivity index is 2.40. The molecule has 0 aromatic heterocycles. The highest BCUT2D eigenvalue weighted by molar-refractivity contribution is 6.39. The second kappa shape index (κ2) is 9.07. The van der Waals surface area contributed by atoms with Crippen LogP contribution in [0.25, 0.3) is 0 Å². The van der Waals surface area contributed by atoms with Gasteiger partial charge in [-0.25, -0.2) is 0 Å². The number of rotatable bonds is 8. The van der Waals surface area contributed by atoms with Gasteiger partial charge in [-0.1, -0.05) is 48.7 Å². The van der Waals surface area contributed by atoms with Gasteiger partial charge in [0.15, 0.2) is 0 Å². The Kier molecular flexibility index (Phi) is 8.17. The first-order chi connectivity index (χ1) is 9.04. The summed E-state index contributed by atoms with van der Waals surface area (Å²) in [4.78, 5) is 0. The fourth-order valence-electron chi connectivity index (χ4n) is 2.00. The molecule has 0 saturated carbocycles. The Morgan fingerprint density at radius 2 is 1.68 bits per heavy atom. The second-order valence-corrected chi connectivity index (χ2v) is 6.28. The van der Waals surface area contributed by atoms with E-state index < -0.39 is 0 Å². The highest BCUT2D eigenvalue weighted by atomic mass is 35.5. The van der Waals surface area contributed by atoms with Crippen molar-refractivity contribution in [2.75, 3.05) is 13.1 Å². The Labute approximate surface area is 131 Å². The van der Waals surface area contributed by atoms with Crippen LogP contribution in [0.15, 0.2) is 12.1 Å². The summed E-state index contributed by atoms with van der Waals surface area (Å²) in [7, 11) is 0. The summed E-state index contributed by atoms with van der Waals surface area (Å²) in [6, 6.07) is 3.52. The van der Waals surface area contributed by atoms with Gasteiger partial charge in [0.25, 0.3) is 0 Å². The lowest BCUT2D eigenvalue weighted by Gasteiger charge is -2.13. The number of nitrogens with one attached hydrogen (secondary N) is 1. The minimum atomic E-state index is 0.593. The molecule has 0 aliphatic heterocycles. The predicted octanol–water partition coefficient (Wildman–Crippen LogP) is 5.61. The molecule has 1 rings (SSSR count). The highest BCUT2D eigenvalue weighted by Crippen LogP contribution is 2.30. The molecule has 1 aromatic rings. The van der Waals surface area contributed by atoms with Crippen LogP contribution < -0.4 is 5.32 Å². The van der Waals surface area contributed by atoms with Crippen molar-refractivity contribution in [1.82, 2.24) is 5.32 Å². The first-order valence-corrected chi connectivity index (χ1v) is 8.02. The van der Waals surface area contributed by atoms with Crippen molar-refractivity contribution in [2.45, 2.75) is 39.5 Å². The lowest BCUT2D eigenvalue weighted by molar-refractivity contribution is 0.470. The normalized spacial score (nSPS) is 12.7. The van der Waals surface area contributed by atoms with Crippen LogP contribution in [-0.2, 0) is 6.42 Å². The minimum Gasteiger partial charge on any atom is -0.317 e. The van der Waals surface area contributed by atoms with Crippen molar-refractivity contribution in [3.63, 3.8) is 0 Å². The molecule has 108 valence electrons. The maximum Gasteiger partial charge on any atom is 0.0467 e. The molecule has 1 atom stereocenters. The van der Waals surface area contributed by atoms with Gasteiger partial charge in [-0.15, -0.1) is 0 Å². The van der Waals surface area contributed by atoms with Crippen LogP contribution in [0, 0.1) is 5.92 Å². The zero-order valence-corrected chi connectivity index (χ0v) is 13.9. The number of hydrogen-bond acceptors (Lipinski definition) is 1. The van der Waals surface area contributed by atoms with Crippen molar-refractivity contribution in [3.8, 4) is 0 Å². The van der Waals surface area contributed by atoms with E-state index in [4.69, 9.17) is 34.8 Å². The predicted molar refractivity (Wildman–Crippen MR) is 86.7 cm³/mol. The van der Waals surface area contributed by atoms with Crippen molar-refractivity contribution >= 4 is 34.8 Å². The van der Waals surface area contributed by atoms with Crippen molar-refractivity contribution in [3.05, 3.63) is 32.8 Å². The van der Waals surface area contributed by atoms with Crippen molar-refractivity contribution < 1.29 is 0 Å². The Bertz CT molecular complexity index is 370.